The Bertz CT molecular complexity index is 539. The predicted molar refractivity (Wildman–Crippen MR) is 68.1 cm³/mol. The van der Waals surface area contributed by atoms with E-state index in [2.05, 4.69) is 4.74 Å². The highest BCUT2D eigenvalue weighted by atomic mass is 16.5. The number of carbonyl (C=O) groups excluding carboxylic acids is 1. The van der Waals surface area contributed by atoms with Crippen molar-refractivity contribution in [2.24, 2.45) is 0 Å². The van der Waals surface area contributed by atoms with Gasteiger partial charge in [0, 0.05) is 0 Å². The molecule has 0 radical (unpaired) electrons. The van der Waals surface area contributed by atoms with Gasteiger partial charge in [-0.2, -0.15) is 5.26 Å². The van der Waals surface area contributed by atoms with E-state index in [1.54, 1.807) is 19.2 Å². The highest BCUT2D eigenvalue weighted by Gasteiger charge is 2.11. The fourth-order valence-electron chi connectivity index (χ4n) is 1.60. The third kappa shape index (κ3) is 2.69. The van der Waals surface area contributed by atoms with E-state index in [1.165, 1.54) is 13.2 Å². The Morgan fingerprint density at radius 2 is 1.94 bits per heavy atom. The normalized spacial score (nSPS) is 10.7. The third-order valence-corrected chi connectivity index (χ3v) is 2.82. The van der Waals surface area contributed by atoms with Gasteiger partial charge in [0.1, 0.15) is 17.4 Å². The SMILES string of the molecule is COC(=O)/C(C#N)=C/c1ccc(OC)c(C)c1C. The van der Waals surface area contributed by atoms with Crippen LogP contribution >= 0.6 is 0 Å². The van der Waals surface area contributed by atoms with Crippen molar-refractivity contribution in [2.75, 3.05) is 14.2 Å². The maximum atomic E-state index is 11.3. The molecule has 0 aromatic heterocycles. The number of hydrogen-bond donors (Lipinski definition) is 0. The lowest BCUT2D eigenvalue weighted by Crippen LogP contribution is -2.03. The number of benzene rings is 1. The summed E-state index contributed by atoms with van der Waals surface area (Å²) >= 11 is 0. The Labute approximate surface area is 106 Å². The zero-order chi connectivity index (χ0) is 13.7. The number of ether oxygens (including phenoxy) is 2. The van der Waals surface area contributed by atoms with Gasteiger partial charge in [0.25, 0.3) is 0 Å². The van der Waals surface area contributed by atoms with E-state index in [0.29, 0.717) is 0 Å². The van der Waals surface area contributed by atoms with Crippen molar-refractivity contribution in [1.29, 1.82) is 5.26 Å². The molecule has 0 unspecified atom stereocenters. The quantitative estimate of drug-likeness (QED) is 0.466. The smallest absolute Gasteiger partial charge is 0.348 e. The first kappa shape index (κ1) is 13.8. The lowest BCUT2D eigenvalue weighted by atomic mass is 10.0. The lowest BCUT2D eigenvalue weighted by molar-refractivity contribution is -0.135. The maximum Gasteiger partial charge on any atom is 0.348 e. The summed E-state index contributed by atoms with van der Waals surface area (Å²) in [6, 6.07) is 5.44. The first-order chi connectivity index (χ1) is 8.54. The summed E-state index contributed by atoms with van der Waals surface area (Å²) in [7, 11) is 2.85. The lowest BCUT2D eigenvalue weighted by Gasteiger charge is -2.10. The topological polar surface area (TPSA) is 59.3 Å². The fourth-order valence-corrected chi connectivity index (χ4v) is 1.60. The van der Waals surface area contributed by atoms with Gasteiger partial charge >= 0.3 is 5.97 Å². The van der Waals surface area contributed by atoms with Crippen LogP contribution in [0.5, 0.6) is 5.75 Å². The van der Waals surface area contributed by atoms with E-state index in [1.807, 2.05) is 19.9 Å². The van der Waals surface area contributed by atoms with Crippen molar-refractivity contribution in [1.82, 2.24) is 0 Å². The number of methoxy groups -OCH3 is 2. The first-order valence-corrected chi connectivity index (χ1v) is 5.39. The minimum Gasteiger partial charge on any atom is -0.496 e. The monoisotopic (exact) mass is 245 g/mol. The molecule has 18 heavy (non-hydrogen) atoms. The van der Waals surface area contributed by atoms with Gasteiger partial charge in [-0.15, -0.1) is 0 Å². The molecule has 0 bridgehead atoms. The Hall–Kier alpha value is -2.28. The molecule has 4 nitrogen and oxygen atoms in total. The van der Waals surface area contributed by atoms with Gasteiger partial charge < -0.3 is 9.47 Å². The Kier molecular flexibility index (Phi) is 4.50. The molecule has 0 spiro atoms. The summed E-state index contributed by atoms with van der Waals surface area (Å²) in [5, 5.41) is 8.91. The molecule has 0 aliphatic heterocycles. The van der Waals surface area contributed by atoms with Gasteiger partial charge in [-0.05, 0) is 42.7 Å². The molecule has 0 N–H and O–H groups in total. The molecular formula is C14H15NO3. The zero-order valence-electron chi connectivity index (χ0n) is 10.9. The van der Waals surface area contributed by atoms with Crippen LogP contribution in [-0.2, 0) is 9.53 Å². The second kappa shape index (κ2) is 5.87. The molecule has 0 heterocycles. The Morgan fingerprint density at radius 3 is 2.44 bits per heavy atom. The maximum absolute atomic E-state index is 11.3. The van der Waals surface area contributed by atoms with Crippen LogP contribution in [-0.4, -0.2) is 20.2 Å². The molecule has 4 heteroatoms. The van der Waals surface area contributed by atoms with Crippen molar-refractivity contribution in [3.8, 4) is 11.8 Å². The summed E-state index contributed by atoms with van der Waals surface area (Å²) in [6.07, 6.45) is 1.52. The number of hydrogen-bond acceptors (Lipinski definition) is 4. The van der Waals surface area contributed by atoms with Gasteiger partial charge in [-0.1, -0.05) is 6.07 Å². The molecule has 0 atom stereocenters. The highest BCUT2D eigenvalue weighted by Crippen LogP contribution is 2.25. The van der Waals surface area contributed by atoms with E-state index < -0.39 is 5.97 Å². The van der Waals surface area contributed by atoms with Crippen molar-refractivity contribution in [2.45, 2.75) is 13.8 Å². The van der Waals surface area contributed by atoms with Crippen molar-refractivity contribution < 1.29 is 14.3 Å². The van der Waals surface area contributed by atoms with Gasteiger partial charge in [-0.25, -0.2) is 4.79 Å². The second-order valence-corrected chi connectivity index (χ2v) is 3.77. The summed E-state index contributed by atoms with van der Waals surface area (Å²) in [5.74, 6) is 0.145. The number of nitrogens with zero attached hydrogens (tertiary/aromatic N) is 1. The first-order valence-electron chi connectivity index (χ1n) is 5.39. The average molecular weight is 245 g/mol. The van der Waals surface area contributed by atoms with Gasteiger partial charge in [0.05, 0.1) is 14.2 Å². The van der Waals surface area contributed by atoms with Crippen LogP contribution in [0, 0.1) is 25.2 Å². The van der Waals surface area contributed by atoms with Crippen LogP contribution in [0.4, 0.5) is 0 Å². The zero-order valence-corrected chi connectivity index (χ0v) is 10.9. The molecule has 94 valence electrons. The summed E-state index contributed by atoms with van der Waals surface area (Å²) in [4.78, 5) is 11.3. The Morgan fingerprint density at radius 1 is 1.28 bits per heavy atom. The summed E-state index contributed by atoms with van der Waals surface area (Å²) < 4.78 is 9.74. The van der Waals surface area contributed by atoms with Crippen LogP contribution in [0.25, 0.3) is 6.08 Å². The minimum absolute atomic E-state index is 0.0230. The van der Waals surface area contributed by atoms with Gasteiger partial charge in [-0.3, -0.25) is 0 Å². The fraction of sp³-hybridized carbons (Fsp3) is 0.286. The summed E-state index contributed by atoms with van der Waals surface area (Å²) in [5.41, 5.74) is 2.72. The number of rotatable bonds is 3. The van der Waals surface area contributed by atoms with Crippen LogP contribution in [0.3, 0.4) is 0 Å². The van der Waals surface area contributed by atoms with Gasteiger partial charge in [0.15, 0.2) is 0 Å². The largest absolute Gasteiger partial charge is 0.496 e. The number of esters is 1. The predicted octanol–water partition coefficient (Wildman–Crippen LogP) is 2.39. The molecule has 0 aliphatic carbocycles. The van der Waals surface area contributed by atoms with E-state index in [9.17, 15) is 4.79 Å². The van der Waals surface area contributed by atoms with E-state index in [0.717, 1.165) is 22.4 Å². The van der Waals surface area contributed by atoms with Crippen LogP contribution in [0.2, 0.25) is 0 Å². The molecule has 0 fully saturated rings. The van der Waals surface area contributed by atoms with E-state index in [4.69, 9.17) is 10.00 Å². The third-order valence-electron chi connectivity index (χ3n) is 2.82. The molecule has 0 aliphatic rings. The minimum atomic E-state index is -0.634. The molecule has 0 saturated carbocycles. The number of nitriles is 1. The molecule has 1 rings (SSSR count). The molecule has 0 saturated heterocycles. The van der Waals surface area contributed by atoms with Crippen LogP contribution < -0.4 is 4.74 Å². The van der Waals surface area contributed by atoms with Crippen molar-refractivity contribution in [3.05, 3.63) is 34.4 Å². The molecular weight excluding hydrogens is 230 g/mol. The van der Waals surface area contributed by atoms with E-state index in [-0.39, 0.29) is 5.57 Å². The standard InChI is InChI=1S/C14H15NO3/c1-9-10(2)13(17-3)6-5-11(9)7-12(8-15)14(16)18-4/h5-7H,1-4H3/b12-7+. The van der Waals surface area contributed by atoms with Crippen molar-refractivity contribution in [3.63, 3.8) is 0 Å². The molecule has 1 aromatic carbocycles. The highest BCUT2D eigenvalue weighted by molar-refractivity contribution is 5.98. The molecule has 1 aromatic rings. The molecule has 0 amide bonds. The van der Waals surface area contributed by atoms with Crippen molar-refractivity contribution >= 4 is 12.0 Å². The van der Waals surface area contributed by atoms with Crippen LogP contribution in [0.1, 0.15) is 16.7 Å². The van der Waals surface area contributed by atoms with E-state index >= 15 is 0 Å². The number of carbonyl (C=O) groups is 1. The van der Waals surface area contributed by atoms with Gasteiger partial charge in [0.2, 0.25) is 0 Å². The Balaban J connectivity index is 3.28. The summed E-state index contributed by atoms with van der Waals surface area (Å²) in [6.45, 7) is 3.84. The second-order valence-electron chi connectivity index (χ2n) is 3.77. The average Bonchev–Trinajstić information content (AvgIpc) is 2.39. The van der Waals surface area contributed by atoms with Crippen LogP contribution in [0.15, 0.2) is 17.7 Å².